The van der Waals surface area contributed by atoms with E-state index in [1.807, 2.05) is 13.8 Å². The first-order valence-electron chi connectivity index (χ1n) is 5.41. The summed E-state index contributed by atoms with van der Waals surface area (Å²) in [4.78, 5) is 0. The number of sulfone groups is 1. The maximum atomic E-state index is 12.0. The van der Waals surface area contributed by atoms with Crippen molar-refractivity contribution in [2.75, 3.05) is 23.2 Å². The SMILES string of the molecule is CCC(CC)N(CCBr)S(=O)(=O)CS(C)(=O)=O. The molecule has 104 valence electrons. The second kappa shape index (κ2) is 7.06. The monoisotopic (exact) mass is 349 g/mol. The van der Waals surface area contributed by atoms with Crippen LogP contribution < -0.4 is 0 Å². The number of alkyl halides is 1. The molecule has 0 radical (unpaired) electrons. The fourth-order valence-electron chi connectivity index (χ4n) is 1.67. The average molecular weight is 350 g/mol. The molecule has 0 saturated heterocycles. The van der Waals surface area contributed by atoms with Crippen LogP contribution in [0.5, 0.6) is 0 Å². The van der Waals surface area contributed by atoms with Gasteiger partial charge in [-0.05, 0) is 12.8 Å². The largest absolute Gasteiger partial charge is 0.228 e. The molecule has 0 bridgehead atoms. The Bertz CT molecular complexity index is 414. The first-order chi connectivity index (χ1) is 7.68. The molecule has 8 heteroatoms. The van der Waals surface area contributed by atoms with Crippen molar-refractivity contribution < 1.29 is 16.8 Å². The van der Waals surface area contributed by atoms with Gasteiger partial charge in [0.25, 0.3) is 0 Å². The van der Waals surface area contributed by atoms with E-state index in [4.69, 9.17) is 0 Å². The number of rotatable bonds is 8. The Hall–Kier alpha value is 0.340. The Labute approximate surface area is 113 Å². The van der Waals surface area contributed by atoms with Gasteiger partial charge in [-0.1, -0.05) is 29.8 Å². The van der Waals surface area contributed by atoms with Crippen LogP contribution in [-0.4, -0.2) is 50.4 Å². The molecule has 0 aliphatic carbocycles. The van der Waals surface area contributed by atoms with Crippen molar-refractivity contribution in [1.29, 1.82) is 0 Å². The quantitative estimate of drug-likeness (QED) is 0.617. The van der Waals surface area contributed by atoms with Gasteiger partial charge >= 0.3 is 0 Å². The first-order valence-corrected chi connectivity index (χ1v) is 10.2. The van der Waals surface area contributed by atoms with Gasteiger partial charge < -0.3 is 0 Å². The van der Waals surface area contributed by atoms with Crippen LogP contribution in [0.25, 0.3) is 0 Å². The molecular weight excluding hydrogens is 330 g/mol. The number of halogens is 1. The van der Waals surface area contributed by atoms with Crippen molar-refractivity contribution in [2.24, 2.45) is 0 Å². The van der Waals surface area contributed by atoms with Gasteiger partial charge in [0.15, 0.2) is 14.9 Å². The van der Waals surface area contributed by atoms with Crippen molar-refractivity contribution in [3.63, 3.8) is 0 Å². The van der Waals surface area contributed by atoms with Crippen LogP contribution >= 0.6 is 15.9 Å². The highest BCUT2D eigenvalue weighted by Gasteiger charge is 2.30. The van der Waals surface area contributed by atoms with E-state index in [0.29, 0.717) is 24.7 Å². The fourth-order valence-corrected chi connectivity index (χ4v) is 6.11. The van der Waals surface area contributed by atoms with Crippen LogP contribution in [0.1, 0.15) is 26.7 Å². The fraction of sp³-hybridized carbons (Fsp3) is 1.00. The van der Waals surface area contributed by atoms with Gasteiger partial charge in [-0.25, -0.2) is 16.8 Å². The summed E-state index contributed by atoms with van der Waals surface area (Å²) in [6.07, 6.45) is 2.28. The third-order valence-corrected chi connectivity index (χ3v) is 6.83. The summed E-state index contributed by atoms with van der Waals surface area (Å²) >= 11 is 3.19. The highest BCUT2D eigenvalue weighted by Crippen LogP contribution is 2.15. The summed E-state index contributed by atoms with van der Waals surface area (Å²) in [6, 6.07) is -0.140. The summed E-state index contributed by atoms with van der Waals surface area (Å²) < 4.78 is 47.6. The lowest BCUT2D eigenvalue weighted by atomic mass is 10.2. The van der Waals surface area contributed by atoms with E-state index in [1.165, 1.54) is 4.31 Å². The third kappa shape index (κ3) is 6.17. The smallest absolute Gasteiger partial charge is 0.228 e. The van der Waals surface area contributed by atoms with Crippen LogP contribution in [0.3, 0.4) is 0 Å². The molecular formula is C9H20BrNO4S2. The van der Waals surface area contributed by atoms with Crippen LogP contribution in [0.4, 0.5) is 0 Å². The molecule has 0 unspecified atom stereocenters. The van der Waals surface area contributed by atoms with Crippen molar-refractivity contribution in [1.82, 2.24) is 4.31 Å². The van der Waals surface area contributed by atoms with Crippen LogP contribution in [0, 0.1) is 0 Å². The molecule has 0 aromatic heterocycles. The highest BCUT2D eigenvalue weighted by molar-refractivity contribution is 9.09. The lowest BCUT2D eigenvalue weighted by molar-refractivity contribution is 0.319. The number of hydrogen-bond acceptors (Lipinski definition) is 4. The second-order valence-corrected chi connectivity index (χ2v) is 9.15. The van der Waals surface area contributed by atoms with E-state index in [1.54, 1.807) is 0 Å². The molecule has 5 nitrogen and oxygen atoms in total. The molecule has 0 N–H and O–H groups in total. The zero-order valence-electron chi connectivity index (χ0n) is 10.4. The number of nitrogens with zero attached hydrogens (tertiary/aromatic N) is 1. The predicted octanol–water partition coefficient (Wildman–Crippen LogP) is 1.20. The Morgan fingerprint density at radius 3 is 1.88 bits per heavy atom. The molecule has 0 aliphatic rings. The zero-order chi connectivity index (χ0) is 13.7. The summed E-state index contributed by atoms with van der Waals surface area (Å²) in [5.74, 6) is 0. The Morgan fingerprint density at radius 2 is 1.59 bits per heavy atom. The topological polar surface area (TPSA) is 71.5 Å². The molecule has 0 aromatic carbocycles. The van der Waals surface area contributed by atoms with E-state index in [-0.39, 0.29) is 6.04 Å². The Morgan fingerprint density at radius 1 is 1.12 bits per heavy atom. The maximum absolute atomic E-state index is 12.0. The van der Waals surface area contributed by atoms with Gasteiger partial charge in [0, 0.05) is 24.2 Å². The molecule has 0 atom stereocenters. The Balaban J connectivity index is 5.17. The van der Waals surface area contributed by atoms with Crippen LogP contribution in [-0.2, 0) is 19.9 Å². The molecule has 0 aliphatic heterocycles. The minimum Gasteiger partial charge on any atom is -0.228 e. The first kappa shape index (κ1) is 17.3. The summed E-state index contributed by atoms with van der Waals surface area (Å²) in [6.45, 7) is 4.08. The van der Waals surface area contributed by atoms with Gasteiger partial charge in [0.2, 0.25) is 10.0 Å². The summed E-state index contributed by atoms with van der Waals surface area (Å²) in [7, 11) is -7.29. The van der Waals surface area contributed by atoms with E-state index in [2.05, 4.69) is 15.9 Å². The molecule has 0 spiro atoms. The highest BCUT2D eigenvalue weighted by atomic mass is 79.9. The number of sulfonamides is 1. The van der Waals surface area contributed by atoms with Gasteiger partial charge in [-0.2, -0.15) is 4.31 Å². The van der Waals surface area contributed by atoms with Gasteiger partial charge in [-0.15, -0.1) is 0 Å². The van der Waals surface area contributed by atoms with Gasteiger partial charge in [0.1, 0.15) is 0 Å². The molecule has 0 aromatic rings. The van der Waals surface area contributed by atoms with Crippen molar-refractivity contribution in [3.8, 4) is 0 Å². The predicted molar refractivity (Wildman–Crippen MR) is 73.5 cm³/mol. The minimum absolute atomic E-state index is 0.140. The lowest BCUT2D eigenvalue weighted by Gasteiger charge is -2.28. The minimum atomic E-state index is -3.75. The maximum Gasteiger partial charge on any atom is 0.228 e. The number of hydrogen-bond donors (Lipinski definition) is 0. The zero-order valence-corrected chi connectivity index (χ0v) is 13.6. The van der Waals surface area contributed by atoms with Crippen molar-refractivity contribution >= 4 is 35.8 Å². The van der Waals surface area contributed by atoms with Crippen molar-refractivity contribution in [2.45, 2.75) is 32.7 Å². The molecule has 17 heavy (non-hydrogen) atoms. The van der Waals surface area contributed by atoms with E-state index in [9.17, 15) is 16.8 Å². The van der Waals surface area contributed by atoms with Crippen LogP contribution in [0.15, 0.2) is 0 Å². The average Bonchev–Trinajstić information content (AvgIpc) is 2.14. The van der Waals surface area contributed by atoms with E-state index >= 15 is 0 Å². The summed E-state index contributed by atoms with van der Waals surface area (Å²) in [5.41, 5.74) is 0. The molecule has 0 saturated carbocycles. The van der Waals surface area contributed by atoms with Gasteiger partial charge in [0.05, 0.1) is 0 Å². The molecule has 0 heterocycles. The lowest BCUT2D eigenvalue weighted by Crippen LogP contribution is -2.43. The molecule has 0 amide bonds. The summed E-state index contributed by atoms with van der Waals surface area (Å²) in [5, 5.41) is -0.323. The standard InChI is InChI=1S/C9H20BrNO4S2/c1-4-9(5-2)11(7-6-10)17(14,15)8-16(3,12)13/h9H,4-8H2,1-3H3. The third-order valence-electron chi connectivity index (χ3n) is 2.37. The van der Waals surface area contributed by atoms with E-state index < -0.39 is 24.9 Å². The van der Waals surface area contributed by atoms with Crippen LogP contribution in [0.2, 0.25) is 0 Å². The van der Waals surface area contributed by atoms with Gasteiger partial charge in [-0.3, -0.25) is 0 Å². The second-order valence-electron chi connectivity index (χ2n) is 3.93. The molecule has 0 fully saturated rings. The van der Waals surface area contributed by atoms with E-state index in [0.717, 1.165) is 6.26 Å². The normalized spacial score (nSPS) is 13.5. The molecule has 0 rings (SSSR count). The van der Waals surface area contributed by atoms with Crippen molar-refractivity contribution in [3.05, 3.63) is 0 Å². The Kier molecular flexibility index (Phi) is 7.20.